The van der Waals surface area contributed by atoms with Crippen molar-refractivity contribution in [1.82, 2.24) is 19.8 Å². The van der Waals surface area contributed by atoms with Gasteiger partial charge in [-0.15, -0.1) is 11.3 Å². The van der Waals surface area contributed by atoms with E-state index >= 15 is 0 Å². The lowest BCUT2D eigenvalue weighted by atomic mass is 9.87. The number of thiophene rings is 1. The maximum atomic E-state index is 12.7. The van der Waals surface area contributed by atoms with E-state index in [1.165, 1.54) is 11.3 Å². The zero-order chi connectivity index (χ0) is 18.1. The van der Waals surface area contributed by atoms with Crippen LogP contribution in [0.2, 0.25) is 0 Å². The molecule has 0 saturated carbocycles. The largest absolute Gasteiger partial charge is 0.381 e. The fourth-order valence-electron chi connectivity index (χ4n) is 4.19. The summed E-state index contributed by atoms with van der Waals surface area (Å²) in [5.74, 6) is 0.451. The summed E-state index contributed by atoms with van der Waals surface area (Å²) in [5.41, 5.74) is 2.05. The maximum absolute atomic E-state index is 12.7. The van der Waals surface area contributed by atoms with Crippen LogP contribution in [0.15, 0.2) is 12.4 Å². The van der Waals surface area contributed by atoms with Crippen molar-refractivity contribution >= 4 is 27.6 Å². The topological polar surface area (TPSA) is 58.6 Å². The van der Waals surface area contributed by atoms with Gasteiger partial charge in [-0.05, 0) is 44.7 Å². The van der Waals surface area contributed by atoms with Crippen LogP contribution >= 0.6 is 11.3 Å². The predicted molar refractivity (Wildman–Crippen MR) is 103 cm³/mol. The van der Waals surface area contributed by atoms with Gasteiger partial charge in [0.05, 0.1) is 4.88 Å². The lowest BCUT2D eigenvalue weighted by Gasteiger charge is -2.39. The Kier molecular flexibility index (Phi) is 5.20. The second-order valence-corrected chi connectivity index (χ2v) is 8.41. The average Bonchev–Trinajstić information content (AvgIpc) is 3.07. The molecule has 2 aliphatic rings. The van der Waals surface area contributed by atoms with Gasteiger partial charge in [-0.2, -0.15) is 0 Å². The third-order valence-corrected chi connectivity index (χ3v) is 6.70. The van der Waals surface area contributed by atoms with Gasteiger partial charge >= 0.3 is 0 Å². The molecule has 0 bridgehead atoms. The minimum Gasteiger partial charge on any atom is -0.381 e. The lowest BCUT2D eigenvalue weighted by molar-refractivity contribution is 0.0252. The summed E-state index contributed by atoms with van der Waals surface area (Å²) >= 11 is 1.49. The molecule has 0 spiro atoms. The highest BCUT2D eigenvalue weighted by Gasteiger charge is 2.32. The molecular formula is C19H26N4O2S. The summed E-state index contributed by atoms with van der Waals surface area (Å²) in [6.45, 7) is 3.94. The summed E-state index contributed by atoms with van der Waals surface area (Å²) in [7, 11) is 3.62. The molecule has 0 unspecified atom stereocenters. The maximum Gasteiger partial charge on any atom is 0.263 e. The molecule has 1 amide bonds. The van der Waals surface area contributed by atoms with Crippen molar-refractivity contribution in [3.8, 4) is 0 Å². The summed E-state index contributed by atoms with van der Waals surface area (Å²) in [4.78, 5) is 27.7. The molecule has 2 saturated heterocycles. The standard InChI is InChI=1S/C19H26N4O2S/c1-22(2)19(24)17-15(16-18(26-17)21-8-7-20-16)13-3-9-23(10-4-13)14-5-11-25-12-6-14/h7-8,13-14H,3-6,9-12H2,1-2H3. The molecule has 140 valence electrons. The van der Waals surface area contributed by atoms with Gasteiger partial charge in [0.1, 0.15) is 10.3 Å². The van der Waals surface area contributed by atoms with Crippen LogP contribution in [0, 0.1) is 0 Å². The van der Waals surface area contributed by atoms with Gasteiger partial charge in [-0.3, -0.25) is 9.78 Å². The number of ether oxygens (including phenoxy) is 1. The first-order valence-corrected chi connectivity index (χ1v) is 10.2. The van der Waals surface area contributed by atoms with Crippen molar-refractivity contribution in [3.63, 3.8) is 0 Å². The van der Waals surface area contributed by atoms with Crippen molar-refractivity contribution in [2.75, 3.05) is 40.4 Å². The van der Waals surface area contributed by atoms with Crippen LogP contribution in [-0.2, 0) is 4.74 Å². The third kappa shape index (κ3) is 3.35. The molecule has 26 heavy (non-hydrogen) atoms. The summed E-state index contributed by atoms with van der Waals surface area (Å²) in [6, 6.07) is 0.659. The fourth-order valence-corrected chi connectivity index (χ4v) is 5.40. The van der Waals surface area contributed by atoms with Crippen LogP contribution in [0.5, 0.6) is 0 Å². The van der Waals surface area contributed by atoms with E-state index in [2.05, 4.69) is 14.9 Å². The molecule has 2 fully saturated rings. The highest BCUT2D eigenvalue weighted by molar-refractivity contribution is 7.20. The van der Waals surface area contributed by atoms with Gasteiger partial charge in [0.15, 0.2) is 0 Å². The molecule has 0 radical (unpaired) electrons. The Morgan fingerprint density at radius 3 is 2.54 bits per heavy atom. The minimum absolute atomic E-state index is 0.0664. The van der Waals surface area contributed by atoms with Crippen molar-refractivity contribution in [3.05, 3.63) is 22.8 Å². The molecule has 2 aromatic heterocycles. The number of hydrogen-bond donors (Lipinski definition) is 0. The number of piperidine rings is 1. The number of amides is 1. The van der Waals surface area contributed by atoms with E-state index < -0.39 is 0 Å². The van der Waals surface area contributed by atoms with Crippen LogP contribution in [0.4, 0.5) is 0 Å². The van der Waals surface area contributed by atoms with E-state index in [4.69, 9.17) is 4.74 Å². The third-order valence-electron chi connectivity index (χ3n) is 5.61. The zero-order valence-electron chi connectivity index (χ0n) is 15.5. The highest BCUT2D eigenvalue weighted by Crippen LogP contribution is 2.40. The lowest BCUT2D eigenvalue weighted by Crippen LogP contribution is -2.43. The summed E-state index contributed by atoms with van der Waals surface area (Å²) in [5, 5.41) is 0. The van der Waals surface area contributed by atoms with Crippen LogP contribution in [-0.4, -0.2) is 72.1 Å². The monoisotopic (exact) mass is 374 g/mol. The summed E-state index contributed by atoms with van der Waals surface area (Å²) < 4.78 is 5.50. The Bertz CT molecular complexity index is 777. The molecule has 0 N–H and O–H groups in total. The molecule has 0 atom stereocenters. The Morgan fingerprint density at radius 1 is 1.15 bits per heavy atom. The van der Waals surface area contributed by atoms with Crippen molar-refractivity contribution in [2.24, 2.45) is 0 Å². The first kappa shape index (κ1) is 17.8. The molecule has 7 heteroatoms. The number of likely N-dealkylation sites (tertiary alicyclic amines) is 1. The molecule has 4 heterocycles. The van der Waals surface area contributed by atoms with E-state index in [9.17, 15) is 4.79 Å². The van der Waals surface area contributed by atoms with Crippen LogP contribution in [0.3, 0.4) is 0 Å². The van der Waals surface area contributed by atoms with Gasteiger partial charge in [0.25, 0.3) is 5.91 Å². The van der Waals surface area contributed by atoms with E-state index in [-0.39, 0.29) is 5.91 Å². The quantitative estimate of drug-likeness (QED) is 0.827. The molecule has 2 aromatic rings. The van der Waals surface area contributed by atoms with Gasteiger partial charge in [0.2, 0.25) is 0 Å². The Labute approximate surface area is 158 Å². The van der Waals surface area contributed by atoms with E-state index in [1.807, 2.05) is 14.1 Å². The first-order valence-electron chi connectivity index (χ1n) is 9.42. The van der Waals surface area contributed by atoms with E-state index in [1.54, 1.807) is 17.3 Å². The van der Waals surface area contributed by atoms with Crippen molar-refractivity contribution in [1.29, 1.82) is 0 Å². The zero-order valence-corrected chi connectivity index (χ0v) is 16.3. The van der Waals surface area contributed by atoms with Gasteiger partial charge in [-0.1, -0.05) is 0 Å². The Morgan fingerprint density at radius 2 is 1.85 bits per heavy atom. The van der Waals surface area contributed by atoms with Crippen LogP contribution in [0.25, 0.3) is 10.3 Å². The number of hydrogen-bond acceptors (Lipinski definition) is 6. The Hall–Kier alpha value is -1.57. The van der Waals surface area contributed by atoms with Gasteiger partial charge in [0, 0.05) is 51.3 Å². The summed E-state index contributed by atoms with van der Waals surface area (Å²) in [6.07, 6.45) is 7.88. The fraction of sp³-hybridized carbons (Fsp3) is 0.632. The number of carbonyl (C=O) groups is 1. The van der Waals surface area contributed by atoms with E-state index in [0.717, 1.165) is 72.8 Å². The van der Waals surface area contributed by atoms with Crippen molar-refractivity contribution in [2.45, 2.75) is 37.6 Å². The second kappa shape index (κ2) is 7.58. The number of rotatable bonds is 3. The minimum atomic E-state index is 0.0664. The molecule has 6 nitrogen and oxygen atoms in total. The highest BCUT2D eigenvalue weighted by atomic mass is 32.1. The second-order valence-electron chi connectivity index (χ2n) is 7.41. The van der Waals surface area contributed by atoms with Gasteiger partial charge < -0.3 is 14.5 Å². The molecule has 0 aromatic carbocycles. The van der Waals surface area contributed by atoms with Crippen LogP contribution in [0.1, 0.15) is 46.8 Å². The average molecular weight is 375 g/mol. The number of nitrogens with zero attached hydrogens (tertiary/aromatic N) is 4. The SMILES string of the molecule is CN(C)C(=O)c1sc2nccnc2c1C1CCN(C2CCOCC2)CC1. The van der Waals surface area contributed by atoms with Crippen LogP contribution < -0.4 is 0 Å². The van der Waals surface area contributed by atoms with E-state index in [0.29, 0.717) is 12.0 Å². The molecule has 4 rings (SSSR count). The Balaban J connectivity index is 1.58. The molecular weight excluding hydrogens is 348 g/mol. The van der Waals surface area contributed by atoms with Gasteiger partial charge in [-0.25, -0.2) is 4.98 Å². The smallest absolute Gasteiger partial charge is 0.263 e. The van der Waals surface area contributed by atoms with Crippen molar-refractivity contribution < 1.29 is 9.53 Å². The number of carbonyl (C=O) groups excluding carboxylic acids is 1. The predicted octanol–water partition coefficient (Wildman–Crippen LogP) is 2.75. The number of aromatic nitrogens is 2. The first-order chi connectivity index (χ1) is 12.6. The molecule has 0 aliphatic carbocycles. The normalized spacial score (nSPS) is 20.5. The number of fused-ring (bicyclic) bond motifs is 1. The molecule has 2 aliphatic heterocycles.